The van der Waals surface area contributed by atoms with Crippen molar-refractivity contribution in [3.63, 3.8) is 0 Å². The molecule has 6 heteroatoms. The van der Waals surface area contributed by atoms with E-state index in [1.165, 1.54) is 0 Å². The van der Waals surface area contributed by atoms with Crippen molar-refractivity contribution in [1.29, 1.82) is 0 Å². The third-order valence-electron chi connectivity index (χ3n) is 2.45. The van der Waals surface area contributed by atoms with E-state index in [1.807, 2.05) is 0 Å². The van der Waals surface area contributed by atoms with Crippen LogP contribution in [0.2, 0.25) is 0 Å². The van der Waals surface area contributed by atoms with Crippen molar-refractivity contribution >= 4 is 21.6 Å². The van der Waals surface area contributed by atoms with E-state index in [-0.39, 0.29) is 5.91 Å². The second-order valence-corrected chi connectivity index (χ2v) is 5.82. The van der Waals surface area contributed by atoms with Crippen molar-refractivity contribution in [2.75, 3.05) is 17.1 Å². The van der Waals surface area contributed by atoms with Crippen molar-refractivity contribution in [1.82, 2.24) is 5.32 Å². The summed E-state index contributed by atoms with van der Waals surface area (Å²) in [6, 6.07) is 7.81. The Hall–Kier alpha value is -1.56. The smallest absolute Gasteiger partial charge is 0.243 e. The van der Waals surface area contributed by atoms with Crippen LogP contribution >= 0.6 is 0 Å². The highest BCUT2D eigenvalue weighted by Gasteiger charge is 2.28. The number of rotatable bonds is 5. The molecule has 0 saturated heterocycles. The predicted molar refractivity (Wildman–Crippen MR) is 71.9 cm³/mol. The molecule has 0 bridgehead atoms. The number of hydrogen-bond acceptors (Lipinski definition) is 3. The van der Waals surface area contributed by atoms with E-state index in [9.17, 15) is 13.2 Å². The Kier molecular flexibility index (Phi) is 4.72. The molecule has 0 saturated carbocycles. The summed E-state index contributed by atoms with van der Waals surface area (Å²) >= 11 is 0. The maximum Gasteiger partial charge on any atom is 0.243 e. The lowest BCUT2D eigenvalue weighted by molar-refractivity contribution is -0.121. The van der Waals surface area contributed by atoms with E-state index in [1.54, 1.807) is 44.2 Å². The van der Waals surface area contributed by atoms with Gasteiger partial charge in [0.15, 0.2) is 0 Å². The number of carbonyl (C=O) groups excluding carboxylic acids is 1. The van der Waals surface area contributed by atoms with Crippen LogP contribution in [0.1, 0.15) is 13.8 Å². The van der Waals surface area contributed by atoms with Gasteiger partial charge in [-0.15, -0.1) is 0 Å². The lowest BCUT2D eigenvalue weighted by Crippen LogP contribution is -2.47. The van der Waals surface area contributed by atoms with Gasteiger partial charge in [-0.3, -0.25) is 9.10 Å². The molecule has 0 fully saturated rings. The largest absolute Gasteiger partial charge is 0.355 e. The summed E-state index contributed by atoms with van der Waals surface area (Å²) in [5.41, 5.74) is 0.485. The van der Waals surface area contributed by atoms with E-state index >= 15 is 0 Å². The minimum atomic E-state index is -3.51. The van der Waals surface area contributed by atoms with Crippen molar-refractivity contribution in [3.05, 3.63) is 30.3 Å². The van der Waals surface area contributed by atoms with Crippen molar-refractivity contribution in [3.8, 4) is 0 Å². The minimum Gasteiger partial charge on any atom is -0.355 e. The molecule has 1 rings (SSSR count). The molecule has 0 aliphatic rings. The summed E-state index contributed by atoms with van der Waals surface area (Å²) in [6.45, 7) is 3.83. The zero-order chi connectivity index (χ0) is 13.8. The average molecular weight is 270 g/mol. The molecule has 5 nitrogen and oxygen atoms in total. The summed E-state index contributed by atoms with van der Waals surface area (Å²) in [4.78, 5) is 11.8. The van der Waals surface area contributed by atoms with Crippen molar-refractivity contribution in [2.24, 2.45) is 0 Å². The molecule has 1 aromatic carbocycles. The van der Waals surface area contributed by atoms with Crippen LogP contribution in [0.4, 0.5) is 5.69 Å². The molecule has 18 heavy (non-hydrogen) atoms. The third kappa shape index (κ3) is 3.46. The topological polar surface area (TPSA) is 66.5 Å². The molecule has 0 radical (unpaired) electrons. The monoisotopic (exact) mass is 270 g/mol. The van der Waals surface area contributed by atoms with Gasteiger partial charge in [0.05, 0.1) is 11.9 Å². The Morgan fingerprint density at radius 2 is 1.89 bits per heavy atom. The van der Waals surface area contributed by atoms with E-state index in [2.05, 4.69) is 5.32 Å². The average Bonchev–Trinajstić information content (AvgIpc) is 2.29. The zero-order valence-electron chi connectivity index (χ0n) is 10.8. The molecule has 0 spiro atoms. The van der Waals surface area contributed by atoms with Crippen LogP contribution in [-0.4, -0.2) is 33.2 Å². The molecule has 0 aliphatic carbocycles. The van der Waals surface area contributed by atoms with E-state index in [4.69, 9.17) is 0 Å². The number of carbonyl (C=O) groups is 1. The molecule has 0 aliphatic heterocycles. The molecule has 1 N–H and O–H groups in total. The number of nitrogens with one attached hydrogen (secondary N) is 1. The molecule has 0 unspecified atom stereocenters. The highest BCUT2D eigenvalue weighted by Crippen LogP contribution is 2.19. The van der Waals surface area contributed by atoms with Gasteiger partial charge >= 0.3 is 0 Å². The number of anilines is 1. The number of benzene rings is 1. The highest BCUT2D eigenvalue weighted by atomic mass is 32.2. The number of amides is 1. The Balaban J connectivity index is 3.12. The number of sulfonamides is 1. The maximum atomic E-state index is 11.8. The summed E-state index contributed by atoms with van der Waals surface area (Å²) in [7, 11) is -3.51. The van der Waals surface area contributed by atoms with Gasteiger partial charge in [0.1, 0.15) is 6.04 Å². The van der Waals surface area contributed by atoms with Crippen LogP contribution in [0.15, 0.2) is 30.3 Å². The molecular weight excluding hydrogens is 252 g/mol. The SMILES string of the molecule is CCNC(=O)[C@H](C)N(c1ccccc1)S(C)(=O)=O. The molecule has 0 aromatic heterocycles. The van der Waals surface area contributed by atoms with E-state index in [0.29, 0.717) is 12.2 Å². The number of hydrogen-bond donors (Lipinski definition) is 1. The number of para-hydroxylation sites is 1. The lowest BCUT2D eigenvalue weighted by Gasteiger charge is -2.28. The van der Waals surface area contributed by atoms with Gasteiger partial charge in [-0.1, -0.05) is 18.2 Å². The summed E-state index contributed by atoms with van der Waals surface area (Å²) in [5, 5.41) is 2.62. The highest BCUT2D eigenvalue weighted by molar-refractivity contribution is 7.92. The number of nitrogens with zero attached hydrogens (tertiary/aromatic N) is 1. The van der Waals surface area contributed by atoms with Gasteiger partial charge in [0.2, 0.25) is 15.9 Å². The standard InChI is InChI=1S/C12H18N2O3S/c1-4-13-12(15)10(2)14(18(3,16)17)11-8-6-5-7-9-11/h5-10H,4H2,1-3H3,(H,13,15)/t10-/m0/s1. The van der Waals surface area contributed by atoms with Gasteiger partial charge in [-0.05, 0) is 26.0 Å². The van der Waals surface area contributed by atoms with Gasteiger partial charge < -0.3 is 5.32 Å². The molecule has 100 valence electrons. The fourth-order valence-electron chi connectivity index (χ4n) is 1.71. The Bertz CT molecular complexity index is 499. The van der Waals surface area contributed by atoms with Crippen molar-refractivity contribution in [2.45, 2.75) is 19.9 Å². The first-order chi connectivity index (χ1) is 8.38. The first-order valence-corrected chi connectivity index (χ1v) is 7.55. The van der Waals surface area contributed by atoms with Gasteiger partial charge in [0, 0.05) is 6.54 Å². The summed E-state index contributed by atoms with van der Waals surface area (Å²) < 4.78 is 24.8. The molecular formula is C12H18N2O3S. The number of likely N-dealkylation sites (N-methyl/N-ethyl adjacent to an activating group) is 1. The van der Waals surface area contributed by atoms with E-state index < -0.39 is 16.1 Å². The first-order valence-electron chi connectivity index (χ1n) is 5.70. The van der Waals surface area contributed by atoms with Crippen LogP contribution < -0.4 is 9.62 Å². The molecule has 1 atom stereocenters. The van der Waals surface area contributed by atoms with Crippen LogP contribution in [0.3, 0.4) is 0 Å². The van der Waals surface area contributed by atoms with Gasteiger partial charge in [0.25, 0.3) is 0 Å². The second kappa shape index (κ2) is 5.86. The fourth-order valence-corrected chi connectivity index (χ4v) is 2.88. The molecule has 1 amide bonds. The van der Waals surface area contributed by atoms with Crippen LogP contribution in [0.25, 0.3) is 0 Å². The maximum absolute atomic E-state index is 11.8. The van der Waals surface area contributed by atoms with Crippen molar-refractivity contribution < 1.29 is 13.2 Å². The summed E-state index contributed by atoms with van der Waals surface area (Å²) in [6.07, 6.45) is 1.09. The third-order valence-corrected chi connectivity index (χ3v) is 3.69. The quantitative estimate of drug-likeness (QED) is 0.867. The minimum absolute atomic E-state index is 0.313. The van der Waals surface area contributed by atoms with Crippen LogP contribution in [0, 0.1) is 0 Å². The van der Waals surface area contributed by atoms with Crippen LogP contribution in [0.5, 0.6) is 0 Å². The molecule has 1 aromatic rings. The van der Waals surface area contributed by atoms with Crippen LogP contribution in [-0.2, 0) is 14.8 Å². The Morgan fingerprint density at radius 1 is 1.33 bits per heavy atom. The second-order valence-electron chi connectivity index (χ2n) is 3.96. The normalized spacial score (nSPS) is 12.8. The lowest BCUT2D eigenvalue weighted by atomic mass is 10.2. The van der Waals surface area contributed by atoms with Gasteiger partial charge in [-0.25, -0.2) is 8.42 Å². The first kappa shape index (κ1) is 14.5. The fraction of sp³-hybridized carbons (Fsp3) is 0.417. The molecule has 0 heterocycles. The Morgan fingerprint density at radius 3 is 2.33 bits per heavy atom. The predicted octanol–water partition coefficient (Wildman–Crippen LogP) is 0.977. The van der Waals surface area contributed by atoms with Gasteiger partial charge in [-0.2, -0.15) is 0 Å². The zero-order valence-corrected chi connectivity index (χ0v) is 11.6. The summed E-state index contributed by atoms with van der Waals surface area (Å²) in [5.74, 6) is -0.313. The van der Waals surface area contributed by atoms with E-state index in [0.717, 1.165) is 10.6 Å². The Labute approximate surface area is 108 Å².